The summed E-state index contributed by atoms with van der Waals surface area (Å²) in [5, 5.41) is 0. The molecule has 0 saturated heterocycles. The molecule has 0 aromatic rings. The van der Waals surface area contributed by atoms with E-state index in [1.54, 1.807) is 5.57 Å². The molecular weight excluding hydrogens is 192 g/mol. The van der Waals surface area contributed by atoms with Gasteiger partial charge in [0.05, 0.1) is 0 Å². The molecule has 1 saturated carbocycles. The van der Waals surface area contributed by atoms with Gasteiger partial charge in [-0.1, -0.05) is 49.8 Å². The normalized spacial score (nSPS) is 38.9. The first kappa shape index (κ1) is 11.7. The molecule has 0 bridgehead atoms. The van der Waals surface area contributed by atoms with Crippen molar-refractivity contribution in [2.75, 3.05) is 0 Å². The molecule has 0 aromatic carbocycles. The van der Waals surface area contributed by atoms with Crippen molar-refractivity contribution >= 4 is 0 Å². The van der Waals surface area contributed by atoms with Gasteiger partial charge in [-0.15, -0.1) is 0 Å². The van der Waals surface area contributed by atoms with Crippen molar-refractivity contribution in [3.05, 3.63) is 36.0 Å². The van der Waals surface area contributed by atoms with Crippen molar-refractivity contribution in [3.8, 4) is 0 Å². The third-order valence-electron chi connectivity index (χ3n) is 4.90. The van der Waals surface area contributed by atoms with Crippen LogP contribution in [0.3, 0.4) is 0 Å². The van der Waals surface area contributed by atoms with Gasteiger partial charge in [0.2, 0.25) is 0 Å². The second kappa shape index (κ2) is 3.91. The van der Waals surface area contributed by atoms with Gasteiger partial charge in [0.1, 0.15) is 0 Å². The van der Waals surface area contributed by atoms with E-state index >= 15 is 0 Å². The van der Waals surface area contributed by atoms with Crippen LogP contribution in [0.1, 0.15) is 46.5 Å². The molecule has 3 atom stereocenters. The molecule has 0 aliphatic heterocycles. The molecular formula is C16H24. The molecule has 2 aliphatic carbocycles. The maximum atomic E-state index is 4.15. The molecule has 2 aliphatic rings. The Balaban J connectivity index is 2.30. The zero-order chi connectivity index (χ0) is 11.9. The summed E-state index contributed by atoms with van der Waals surface area (Å²) >= 11 is 0. The molecule has 0 unspecified atom stereocenters. The van der Waals surface area contributed by atoms with E-state index in [1.165, 1.54) is 36.8 Å². The highest BCUT2D eigenvalue weighted by Crippen LogP contribution is 2.53. The number of fused-ring (bicyclic) bond motifs is 1. The average molecular weight is 216 g/mol. The SMILES string of the molecule is C=C1C=C2CC[C@@H](C(=C)C)C[C@@]2(C)[C@H](C)C1. The van der Waals surface area contributed by atoms with Gasteiger partial charge < -0.3 is 0 Å². The number of hydrogen-bond donors (Lipinski definition) is 0. The summed E-state index contributed by atoms with van der Waals surface area (Å²) in [7, 11) is 0. The van der Waals surface area contributed by atoms with Crippen LogP contribution in [-0.4, -0.2) is 0 Å². The van der Waals surface area contributed by atoms with Crippen LogP contribution >= 0.6 is 0 Å². The van der Waals surface area contributed by atoms with Crippen LogP contribution < -0.4 is 0 Å². The summed E-state index contributed by atoms with van der Waals surface area (Å²) < 4.78 is 0. The summed E-state index contributed by atoms with van der Waals surface area (Å²) in [6.45, 7) is 15.3. The predicted molar refractivity (Wildman–Crippen MR) is 71.3 cm³/mol. The molecule has 0 amide bonds. The van der Waals surface area contributed by atoms with Gasteiger partial charge in [-0.05, 0) is 49.9 Å². The fourth-order valence-corrected chi connectivity index (χ4v) is 3.46. The van der Waals surface area contributed by atoms with Crippen LogP contribution in [0.4, 0.5) is 0 Å². The van der Waals surface area contributed by atoms with Crippen LogP contribution in [0, 0.1) is 17.3 Å². The number of hydrogen-bond acceptors (Lipinski definition) is 0. The summed E-state index contributed by atoms with van der Waals surface area (Å²) in [5.74, 6) is 1.47. The Morgan fingerprint density at radius 2 is 2.19 bits per heavy atom. The third kappa shape index (κ3) is 1.79. The largest absolute Gasteiger partial charge is 0.0999 e. The number of allylic oxidation sites excluding steroid dienone is 4. The van der Waals surface area contributed by atoms with Crippen LogP contribution in [0.5, 0.6) is 0 Å². The minimum Gasteiger partial charge on any atom is -0.0999 e. The van der Waals surface area contributed by atoms with E-state index in [4.69, 9.17) is 0 Å². The summed E-state index contributed by atoms with van der Waals surface area (Å²) in [6.07, 6.45) is 7.37. The second-order valence-corrected chi connectivity index (χ2v) is 6.14. The minimum atomic E-state index is 0.406. The van der Waals surface area contributed by atoms with Crippen molar-refractivity contribution in [1.82, 2.24) is 0 Å². The fraction of sp³-hybridized carbons (Fsp3) is 0.625. The van der Waals surface area contributed by atoms with E-state index in [9.17, 15) is 0 Å². The van der Waals surface area contributed by atoms with Gasteiger partial charge in [0.15, 0.2) is 0 Å². The third-order valence-corrected chi connectivity index (χ3v) is 4.90. The van der Waals surface area contributed by atoms with Crippen LogP contribution in [-0.2, 0) is 0 Å². The van der Waals surface area contributed by atoms with E-state index in [2.05, 4.69) is 40.0 Å². The molecule has 0 aromatic heterocycles. The van der Waals surface area contributed by atoms with E-state index in [0.29, 0.717) is 5.41 Å². The lowest BCUT2D eigenvalue weighted by Crippen LogP contribution is -2.36. The highest BCUT2D eigenvalue weighted by Gasteiger charge is 2.42. The molecule has 0 radical (unpaired) electrons. The molecule has 0 N–H and O–H groups in total. The lowest BCUT2D eigenvalue weighted by molar-refractivity contribution is 0.162. The first-order valence-corrected chi connectivity index (χ1v) is 6.47. The molecule has 0 heterocycles. The Kier molecular flexibility index (Phi) is 2.86. The van der Waals surface area contributed by atoms with Gasteiger partial charge in [-0.3, -0.25) is 0 Å². The quantitative estimate of drug-likeness (QED) is 0.547. The van der Waals surface area contributed by atoms with Crippen LogP contribution in [0.15, 0.2) is 36.0 Å². The Bertz CT molecular complexity index is 358. The topological polar surface area (TPSA) is 0 Å². The Morgan fingerprint density at radius 1 is 1.50 bits per heavy atom. The molecule has 0 spiro atoms. The average Bonchev–Trinajstić information content (AvgIpc) is 2.19. The first-order valence-electron chi connectivity index (χ1n) is 6.47. The molecule has 2 rings (SSSR count). The van der Waals surface area contributed by atoms with E-state index in [1.807, 2.05) is 0 Å². The van der Waals surface area contributed by atoms with Crippen molar-refractivity contribution in [2.45, 2.75) is 46.5 Å². The maximum Gasteiger partial charge on any atom is -0.00787 e. The van der Waals surface area contributed by atoms with E-state index < -0.39 is 0 Å². The lowest BCUT2D eigenvalue weighted by Gasteiger charge is -2.47. The van der Waals surface area contributed by atoms with Gasteiger partial charge in [0, 0.05) is 0 Å². The zero-order valence-electron chi connectivity index (χ0n) is 11.0. The van der Waals surface area contributed by atoms with Gasteiger partial charge in [0.25, 0.3) is 0 Å². The smallest absolute Gasteiger partial charge is 0.00787 e. The first-order chi connectivity index (χ1) is 7.43. The standard InChI is InChI=1S/C16H24/c1-11(2)14-6-7-15-9-12(3)8-13(4)16(15,5)10-14/h9,13-14H,1,3,6-8,10H2,2,4-5H3/t13-,14-,16+/m1/s1. The summed E-state index contributed by atoms with van der Waals surface area (Å²) in [4.78, 5) is 0. The highest BCUT2D eigenvalue weighted by atomic mass is 14.5. The van der Waals surface area contributed by atoms with Crippen molar-refractivity contribution < 1.29 is 0 Å². The van der Waals surface area contributed by atoms with Crippen molar-refractivity contribution in [2.24, 2.45) is 17.3 Å². The van der Waals surface area contributed by atoms with Gasteiger partial charge >= 0.3 is 0 Å². The van der Waals surface area contributed by atoms with Crippen LogP contribution in [0.25, 0.3) is 0 Å². The highest BCUT2D eigenvalue weighted by molar-refractivity contribution is 5.33. The van der Waals surface area contributed by atoms with Crippen LogP contribution in [0.2, 0.25) is 0 Å². The monoisotopic (exact) mass is 216 g/mol. The van der Waals surface area contributed by atoms with Crippen molar-refractivity contribution in [1.29, 1.82) is 0 Å². The lowest BCUT2D eigenvalue weighted by atomic mass is 9.57. The fourth-order valence-electron chi connectivity index (χ4n) is 3.46. The molecule has 0 nitrogen and oxygen atoms in total. The summed E-state index contributed by atoms with van der Waals surface area (Å²) in [5.41, 5.74) is 4.75. The minimum absolute atomic E-state index is 0.406. The van der Waals surface area contributed by atoms with Gasteiger partial charge in [-0.25, -0.2) is 0 Å². The Morgan fingerprint density at radius 3 is 2.81 bits per heavy atom. The zero-order valence-corrected chi connectivity index (χ0v) is 11.0. The molecule has 88 valence electrons. The predicted octanol–water partition coefficient (Wildman–Crippen LogP) is 4.89. The van der Waals surface area contributed by atoms with E-state index in [-0.39, 0.29) is 0 Å². The molecule has 0 heteroatoms. The van der Waals surface area contributed by atoms with E-state index in [0.717, 1.165) is 11.8 Å². The Hall–Kier alpha value is -0.780. The van der Waals surface area contributed by atoms with Crippen molar-refractivity contribution in [3.63, 3.8) is 0 Å². The number of rotatable bonds is 1. The maximum absolute atomic E-state index is 4.15. The summed E-state index contributed by atoms with van der Waals surface area (Å²) in [6, 6.07) is 0. The molecule has 1 fully saturated rings. The molecule has 16 heavy (non-hydrogen) atoms. The Labute approximate surface area is 100 Å². The second-order valence-electron chi connectivity index (χ2n) is 6.14. The van der Waals surface area contributed by atoms with Gasteiger partial charge in [-0.2, -0.15) is 0 Å².